The number of hydrogen-bond acceptors (Lipinski definition) is 4. The third kappa shape index (κ3) is 2.60. The van der Waals surface area contributed by atoms with Crippen molar-refractivity contribution in [2.45, 2.75) is 19.4 Å². The molecule has 1 fully saturated rings. The van der Waals surface area contributed by atoms with Crippen LogP contribution < -0.4 is 0 Å². The number of aromatic nitrogens is 4. The van der Waals surface area contributed by atoms with Gasteiger partial charge in [0.15, 0.2) is 5.82 Å². The lowest BCUT2D eigenvalue weighted by Gasteiger charge is -2.09. The van der Waals surface area contributed by atoms with Gasteiger partial charge in [0.25, 0.3) is 0 Å². The van der Waals surface area contributed by atoms with Crippen LogP contribution in [0.15, 0.2) is 42.6 Å². The van der Waals surface area contributed by atoms with Gasteiger partial charge in [-0.15, -0.1) is 0 Å². The van der Waals surface area contributed by atoms with Crippen LogP contribution >= 0.6 is 0 Å². The Morgan fingerprint density at radius 2 is 2.11 bits per heavy atom. The first-order chi connectivity index (χ1) is 13.2. The predicted molar refractivity (Wildman–Crippen MR) is 104 cm³/mol. The molecule has 0 atom stereocenters. The van der Waals surface area contributed by atoms with Crippen molar-refractivity contribution in [3.05, 3.63) is 48.2 Å². The summed E-state index contributed by atoms with van der Waals surface area (Å²) in [6, 6.07) is 11.7. The lowest BCUT2D eigenvalue weighted by atomic mass is 10.2. The topological polar surface area (TPSA) is 61.9 Å². The van der Waals surface area contributed by atoms with Gasteiger partial charge >= 0.3 is 5.97 Å². The van der Waals surface area contributed by atoms with Gasteiger partial charge in [-0.2, -0.15) is 0 Å². The van der Waals surface area contributed by atoms with Crippen molar-refractivity contribution in [2.75, 3.05) is 7.11 Å². The van der Waals surface area contributed by atoms with E-state index in [1.54, 1.807) is 12.1 Å². The van der Waals surface area contributed by atoms with Crippen LogP contribution in [0.4, 0.5) is 0 Å². The fourth-order valence-corrected chi connectivity index (χ4v) is 3.69. The lowest BCUT2D eigenvalue weighted by Crippen LogP contribution is -2.05. The Bertz CT molecular complexity index is 1180. The molecule has 1 saturated carbocycles. The van der Waals surface area contributed by atoms with Crippen molar-refractivity contribution in [3.8, 4) is 11.5 Å². The smallest absolute Gasteiger partial charge is 0.337 e. The molecule has 136 valence electrons. The average molecular weight is 360 g/mol. The molecule has 1 aliphatic rings. The molecule has 5 rings (SSSR count). The molecule has 0 unspecified atom stereocenters. The molecular formula is C21H20N4O2. The molecule has 27 heavy (non-hydrogen) atoms. The fourth-order valence-electron chi connectivity index (χ4n) is 3.69. The van der Waals surface area contributed by atoms with Gasteiger partial charge in [0, 0.05) is 25.2 Å². The molecule has 4 aromatic rings. The zero-order valence-electron chi connectivity index (χ0n) is 15.3. The second-order valence-corrected chi connectivity index (χ2v) is 7.19. The summed E-state index contributed by atoms with van der Waals surface area (Å²) in [5.74, 6) is 1.25. The highest BCUT2D eigenvalue weighted by atomic mass is 16.5. The van der Waals surface area contributed by atoms with Crippen molar-refractivity contribution in [1.29, 1.82) is 0 Å². The SMILES string of the molecule is COC(=O)c1ccc2c(c1)nc(-c1cc3cccnc3n1CC1CC1)n2C. The molecule has 0 radical (unpaired) electrons. The Labute approximate surface area is 156 Å². The minimum absolute atomic E-state index is 0.351. The van der Waals surface area contributed by atoms with Crippen LogP contribution in [0.25, 0.3) is 33.6 Å². The van der Waals surface area contributed by atoms with Crippen molar-refractivity contribution >= 4 is 28.0 Å². The first-order valence-electron chi connectivity index (χ1n) is 9.15. The molecule has 0 aliphatic heterocycles. The molecule has 1 aliphatic carbocycles. The van der Waals surface area contributed by atoms with Crippen LogP contribution in [0.3, 0.4) is 0 Å². The van der Waals surface area contributed by atoms with E-state index in [0.717, 1.165) is 46.0 Å². The number of pyridine rings is 1. The van der Waals surface area contributed by atoms with E-state index in [-0.39, 0.29) is 5.97 Å². The van der Waals surface area contributed by atoms with Gasteiger partial charge in [-0.3, -0.25) is 0 Å². The highest BCUT2D eigenvalue weighted by molar-refractivity contribution is 5.94. The summed E-state index contributed by atoms with van der Waals surface area (Å²) in [6.07, 6.45) is 4.39. The van der Waals surface area contributed by atoms with Gasteiger partial charge in [-0.05, 0) is 55.2 Å². The van der Waals surface area contributed by atoms with E-state index in [0.29, 0.717) is 5.56 Å². The number of hydrogen-bond donors (Lipinski definition) is 0. The van der Waals surface area contributed by atoms with Gasteiger partial charge in [0.2, 0.25) is 0 Å². The molecule has 0 amide bonds. The normalized spacial score (nSPS) is 14.1. The summed E-state index contributed by atoms with van der Waals surface area (Å²) in [4.78, 5) is 21.3. The summed E-state index contributed by atoms with van der Waals surface area (Å²) in [6.45, 7) is 0.965. The second-order valence-electron chi connectivity index (χ2n) is 7.19. The monoisotopic (exact) mass is 360 g/mol. The maximum Gasteiger partial charge on any atom is 0.337 e. The number of carbonyl (C=O) groups excluding carboxylic acids is 1. The fraction of sp³-hybridized carbons (Fsp3) is 0.286. The number of carbonyl (C=O) groups is 1. The summed E-state index contributed by atoms with van der Waals surface area (Å²) in [5.41, 5.74) is 4.34. The lowest BCUT2D eigenvalue weighted by molar-refractivity contribution is 0.0601. The van der Waals surface area contributed by atoms with E-state index in [9.17, 15) is 4.79 Å². The van der Waals surface area contributed by atoms with E-state index in [1.165, 1.54) is 20.0 Å². The van der Waals surface area contributed by atoms with Crippen molar-refractivity contribution in [1.82, 2.24) is 19.1 Å². The van der Waals surface area contributed by atoms with E-state index < -0.39 is 0 Å². The Balaban J connectivity index is 1.70. The van der Waals surface area contributed by atoms with Crippen LogP contribution in [0.1, 0.15) is 23.2 Å². The molecular weight excluding hydrogens is 340 g/mol. The molecule has 0 N–H and O–H groups in total. The van der Waals surface area contributed by atoms with Crippen LogP contribution in [0.2, 0.25) is 0 Å². The predicted octanol–water partition coefficient (Wildman–Crippen LogP) is 3.79. The van der Waals surface area contributed by atoms with Gasteiger partial charge < -0.3 is 13.9 Å². The number of methoxy groups -OCH3 is 1. The van der Waals surface area contributed by atoms with E-state index in [1.807, 2.05) is 25.4 Å². The van der Waals surface area contributed by atoms with Crippen molar-refractivity contribution < 1.29 is 9.53 Å². The molecule has 0 bridgehead atoms. The third-order valence-corrected chi connectivity index (χ3v) is 5.32. The van der Waals surface area contributed by atoms with Crippen molar-refractivity contribution in [3.63, 3.8) is 0 Å². The Hall–Kier alpha value is -3.15. The second kappa shape index (κ2) is 5.94. The maximum atomic E-state index is 11.8. The molecule has 0 saturated heterocycles. The Morgan fingerprint density at radius 1 is 1.26 bits per heavy atom. The van der Waals surface area contributed by atoms with Crippen molar-refractivity contribution in [2.24, 2.45) is 13.0 Å². The molecule has 6 nitrogen and oxygen atoms in total. The van der Waals surface area contributed by atoms with E-state index in [4.69, 9.17) is 9.72 Å². The first kappa shape index (κ1) is 16.1. The van der Waals surface area contributed by atoms with Crippen LogP contribution in [-0.2, 0) is 18.3 Å². The number of benzene rings is 1. The van der Waals surface area contributed by atoms with Gasteiger partial charge in [0.1, 0.15) is 5.65 Å². The van der Waals surface area contributed by atoms with E-state index in [2.05, 4.69) is 26.3 Å². The third-order valence-electron chi connectivity index (χ3n) is 5.32. The number of imidazole rings is 1. The number of esters is 1. The Morgan fingerprint density at radius 3 is 2.89 bits per heavy atom. The summed E-state index contributed by atoms with van der Waals surface area (Å²) in [5, 5.41) is 1.12. The first-order valence-corrected chi connectivity index (χ1v) is 9.15. The highest BCUT2D eigenvalue weighted by Crippen LogP contribution is 2.35. The van der Waals surface area contributed by atoms with Crippen LogP contribution in [0, 0.1) is 5.92 Å². The molecule has 3 heterocycles. The number of ether oxygens (including phenoxy) is 1. The maximum absolute atomic E-state index is 11.8. The molecule has 0 spiro atoms. The molecule has 3 aromatic heterocycles. The van der Waals surface area contributed by atoms with Gasteiger partial charge in [0.05, 0.1) is 29.4 Å². The van der Waals surface area contributed by atoms with Crippen LogP contribution in [0.5, 0.6) is 0 Å². The number of fused-ring (bicyclic) bond motifs is 2. The molecule has 1 aromatic carbocycles. The number of rotatable bonds is 4. The summed E-state index contributed by atoms with van der Waals surface area (Å²) in [7, 11) is 3.40. The van der Waals surface area contributed by atoms with E-state index >= 15 is 0 Å². The zero-order valence-corrected chi connectivity index (χ0v) is 15.3. The number of aryl methyl sites for hydroxylation is 1. The van der Waals surface area contributed by atoms with Crippen LogP contribution in [-0.4, -0.2) is 32.2 Å². The Kier molecular flexibility index (Phi) is 3.53. The highest BCUT2D eigenvalue weighted by Gasteiger charge is 2.25. The summed E-state index contributed by atoms with van der Waals surface area (Å²) >= 11 is 0. The minimum atomic E-state index is -0.351. The standard InChI is InChI=1S/C21H20N4O2/c1-24-17-8-7-15(21(26)27-2)10-16(17)23-20(24)18-11-14-4-3-9-22-19(14)25(18)12-13-5-6-13/h3-4,7-11,13H,5-6,12H2,1-2H3. The minimum Gasteiger partial charge on any atom is -0.465 e. The molecule has 6 heteroatoms. The number of nitrogens with zero attached hydrogens (tertiary/aromatic N) is 4. The summed E-state index contributed by atoms with van der Waals surface area (Å²) < 4.78 is 9.20. The quantitative estimate of drug-likeness (QED) is 0.520. The van der Waals surface area contributed by atoms with Gasteiger partial charge in [-0.1, -0.05) is 0 Å². The largest absolute Gasteiger partial charge is 0.465 e. The zero-order chi connectivity index (χ0) is 18.5. The van der Waals surface area contributed by atoms with Gasteiger partial charge in [-0.25, -0.2) is 14.8 Å². The average Bonchev–Trinajstić information content (AvgIpc) is 3.36.